The van der Waals surface area contributed by atoms with Crippen LogP contribution >= 0.6 is 22.7 Å². The number of fused-ring (bicyclic) bond motifs is 2. The second-order valence-corrected chi connectivity index (χ2v) is 9.53. The van der Waals surface area contributed by atoms with Crippen LogP contribution in [0.4, 0.5) is 5.69 Å². The zero-order chi connectivity index (χ0) is 21.4. The summed E-state index contributed by atoms with van der Waals surface area (Å²) in [4.78, 5) is 34.4. The Kier molecular flexibility index (Phi) is 5.41. The summed E-state index contributed by atoms with van der Waals surface area (Å²) >= 11 is 2.77. The smallest absolute Gasteiger partial charge is 0.291 e. The molecule has 0 saturated carbocycles. The molecule has 6 nitrogen and oxygen atoms in total. The van der Waals surface area contributed by atoms with Gasteiger partial charge in [-0.05, 0) is 23.9 Å². The van der Waals surface area contributed by atoms with Gasteiger partial charge in [-0.3, -0.25) is 9.59 Å². The summed E-state index contributed by atoms with van der Waals surface area (Å²) < 4.78 is 1.74. The molecule has 0 spiro atoms. The van der Waals surface area contributed by atoms with Crippen LogP contribution in [0.3, 0.4) is 0 Å². The van der Waals surface area contributed by atoms with E-state index in [1.807, 2.05) is 46.7 Å². The predicted molar refractivity (Wildman–Crippen MR) is 126 cm³/mol. The maximum atomic E-state index is 13.4. The number of hydrogen-bond donors (Lipinski definition) is 0. The van der Waals surface area contributed by atoms with Crippen molar-refractivity contribution in [2.45, 2.75) is 39.0 Å². The molecule has 3 aromatic heterocycles. The van der Waals surface area contributed by atoms with Crippen molar-refractivity contribution in [2.24, 2.45) is 0 Å². The van der Waals surface area contributed by atoms with E-state index in [0.717, 1.165) is 29.0 Å². The summed E-state index contributed by atoms with van der Waals surface area (Å²) in [6.45, 7) is 2.86. The number of amides is 1. The Morgan fingerprint density at radius 2 is 1.84 bits per heavy atom. The monoisotopic (exact) mass is 450 g/mol. The van der Waals surface area contributed by atoms with Crippen molar-refractivity contribution in [3.8, 4) is 10.7 Å². The lowest BCUT2D eigenvalue weighted by Gasteiger charge is -2.16. The Balaban J connectivity index is 1.55. The lowest BCUT2D eigenvalue weighted by Crippen LogP contribution is -2.33. The third kappa shape index (κ3) is 3.49. The van der Waals surface area contributed by atoms with Crippen molar-refractivity contribution in [2.75, 3.05) is 11.4 Å². The van der Waals surface area contributed by atoms with Gasteiger partial charge in [0.1, 0.15) is 4.53 Å². The largest absolute Gasteiger partial charge is 0.308 e. The van der Waals surface area contributed by atoms with E-state index in [9.17, 15) is 9.59 Å². The topological polar surface area (TPSA) is 67.6 Å². The van der Waals surface area contributed by atoms with E-state index in [1.165, 1.54) is 46.5 Å². The third-order valence-electron chi connectivity index (χ3n) is 5.53. The fraction of sp³-hybridized carbons (Fsp3) is 0.304. The van der Waals surface area contributed by atoms with E-state index >= 15 is 0 Å². The van der Waals surface area contributed by atoms with E-state index in [4.69, 9.17) is 0 Å². The number of rotatable bonds is 7. The van der Waals surface area contributed by atoms with Crippen LogP contribution in [-0.2, 0) is 4.79 Å². The first-order chi connectivity index (χ1) is 15.2. The predicted octanol–water partition coefficient (Wildman–Crippen LogP) is 4.11. The number of thiazole rings is 1. The lowest BCUT2D eigenvalue weighted by molar-refractivity contribution is -0.113. The molecule has 1 aromatic carbocycles. The van der Waals surface area contributed by atoms with Gasteiger partial charge in [0.2, 0.25) is 4.96 Å². The number of carbonyl (C=O) groups is 1. The Morgan fingerprint density at radius 3 is 2.61 bits per heavy atom. The summed E-state index contributed by atoms with van der Waals surface area (Å²) in [5.74, 6) is 0.443. The molecule has 4 heterocycles. The highest BCUT2D eigenvalue weighted by atomic mass is 32.1. The first-order valence-electron chi connectivity index (χ1n) is 10.6. The normalized spacial score (nSPS) is 15.3. The second-order valence-electron chi connectivity index (χ2n) is 7.61. The van der Waals surface area contributed by atoms with Crippen molar-refractivity contribution >= 4 is 44.8 Å². The fourth-order valence-corrected chi connectivity index (χ4v) is 5.64. The molecule has 1 aliphatic heterocycles. The minimum absolute atomic E-state index is 0.100. The van der Waals surface area contributed by atoms with E-state index in [1.54, 1.807) is 0 Å². The number of thiophene rings is 1. The Morgan fingerprint density at radius 1 is 1.00 bits per heavy atom. The van der Waals surface area contributed by atoms with Gasteiger partial charge in [0.05, 0.1) is 16.1 Å². The van der Waals surface area contributed by atoms with Crippen LogP contribution in [0.2, 0.25) is 0 Å². The SMILES string of the molecule is CCCCCCCN1C(=O)C(=c2sc3nc(-c4cccs4)nn3c2=O)c2ccccc21. The number of hydrogen-bond acceptors (Lipinski definition) is 6. The summed E-state index contributed by atoms with van der Waals surface area (Å²) in [7, 11) is 0. The highest BCUT2D eigenvalue weighted by Crippen LogP contribution is 2.35. The lowest BCUT2D eigenvalue weighted by atomic mass is 10.1. The molecule has 0 fully saturated rings. The Labute approximate surface area is 187 Å². The molecule has 8 heteroatoms. The van der Waals surface area contributed by atoms with Crippen LogP contribution in [0, 0.1) is 0 Å². The number of unbranched alkanes of at least 4 members (excludes halogenated alkanes) is 4. The minimum atomic E-state index is -0.279. The third-order valence-corrected chi connectivity index (χ3v) is 7.43. The molecule has 0 atom stereocenters. The van der Waals surface area contributed by atoms with Gasteiger partial charge in [0.25, 0.3) is 11.5 Å². The zero-order valence-electron chi connectivity index (χ0n) is 17.2. The molecule has 0 radical (unpaired) electrons. The van der Waals surface area contributed by atoms with Crippen molar-refractivity contribution in [3.05, 3.63) is 62.2 Å². The highest BCUT2D eigenvalue weighted by molar-refractivity contribution is 7.15. The summed E-state index contributed by atoms with van der Waals surface area (Å²) in [6.07, 6.45) is 5.65. The van der Waals surface area contributed by atoms with Crippen molar-refractivity contribution < 1.29 is 4.79 Å². The maximum Gasteiger partial charge on any atom is 0.291 e. The molecular formula is C23H22N4O2S2. The molecule has 1 amide bonds. The number of para-hydroxylation sites is 1. The molecular weight excluding hydrogens is 428 g/mol. The molecule has 0 bridgehead atoms. The molecule has 5 rings (SSSR count). The van der Waals surface area contributed by atoms with Crippen LogP contribution in [0.15, 0.2) is 46.6 Å². The van der Waals surface area contributed by atoms with E-state index in [0.29, 0.717) is 27.4 Å². The van der Waals surface area contributed by atoms with Gasteiger partial charge < -0.3 is 4.90 Å². The minimum Gasteiger partial charge on any atom is -0.308 e. The van der Waals surface area contributed by atoms with Gasteiger partial charge in [-0.1, -0.05) is 68.2 Å². The molecule has 0 saturated heterocycles. The Bertz CT molecular complexity index is 1350. The van der Waals surface area contributed by atoms with Crippen LogP contribution in [-0.4, -0.2) is 27.0 Å². The zero-order valence-corrected chi connectivity index (χ0v) is 18.8. The van der Waals surface area contributed by atoms with Gasteiger partial charge in [0, 0.05) is 12.1 Å². The van der Waals surface area contributed by atoms with Crippen molar-refractivity contribution in [1.29, 1.82) is 0 Å². The average Bonchev–Trinajstić information content (AvgIpc) is 3.53. The van der Waals surface area contributed by atoms with Gasteiger partial charge in [-0.25, -0.2) is 0 Å². The van der Waals surface area contributed by atoms with Gasteiger partial charge in [0.15, 0.2) is 5.82 Å². The first kappa shape index (κ1) is 20.1. The standard InChI is InChI=1S/C23H22N4O2S2/c1-2-3-4-5-8-13-26-16-11-7-6-10-15(16)18(21(26)28)19-22(29)27-23(31-19)24-20(25-27)17-12-9-14-30-17/h6-7,9-12,14H,2-5,8,13H2,1H3. The van der Waals surface area contributed by atoms with Crippen LogP contribution in [0.25, 0.3) is 21.2 Å². The number of nitrogens with zero attached hydrogens (tertiary/aromatic N) is 4. The molecule has 4 aromatic rings. The average molecular weight is 451 g/mol. The van der Waals surface area contributed by atoms with E-state index in [-0.39, 0.29) is 11.5 Å². The first-order valence-corrected chi connectivity index (χ1v) is 12.3. The Hall–Kier alpha value is -2.84. The highest BCUT2D eigenvalue weighted by Gasteiger charge is 2.33. The molecule has 1 aliphatic rings. The molecule has 0 N–H and O–H groups in total. The number of benzene rings is 1. The maximum absolute atomic E-state index is 13.4. The number of carbonyl (C=O) groups excluding carboxylic acids is 1. The van der Waals surface area contributed by atoms with Crippen molar-refractivity contribution in [1.82, 2.24) is 14.6 Å². The van der Waals surface area contributed by atoms with E-state index < -0.39 is 0 Å². The number of aromatic nitrogens is 3. The quantitative estimate of drug-likeness (QED) is 0.397. The molecule has 0 unspecified atom stereocenters. The number of anilines is 1. The van der Waals surface area contributed by atoms with Crippen LogP contribution in [0.1, 0.15) is 44.6 Å². The molecule has 158 valence electrons. The molecule has 31 heavy (non-hydrogen) atoms. The fourth-order valence-electron chi connectivity index (χ4n) is 3.99. The van der Waals surface area contributed by atoms with Crippen LogP contribution in [0.5, 0.6) is 0 Å². The van der Waals surface area contributed by atoms with Crippen molar-refractivity contribution in [3.63, 3.8) is 0 Å². The van der Waals surface area contributed by atoms with E-state index in [2.05, 4.69) is 17.0 Å². The second kappa shape index (κ2) is 8.36. The molecule has 0 aliphatic carbocycles. The van der Waals surface area contributed by atoms with Crippen LogP contribution < -0.4 is 15.0 Å². The summed E-state index contributed by atoms with van der Waals surface area (Å²) in [6, 6.07) is 11.6. The summed E-state index contributed by atoms with van der Waals surface area (Å²) in [5, 5.41) is 6.35. The van der Waals surface area contributed by atoms with Gasteiger partial charge in [-0.15, -0.1) is 16.4 Å². The summed E-state index contributed by atoms with van der Waals surface area (Å²) in [5.41, 5.74) is 1.90. The van der Waals surface area contributed by atoms with Gasteiger partial charge in [-0.2, -0.15) is 9.50 Å². The van der Waals surface area contributed by atoms with Gasteiger partial charge >= 0.3 is 0 Å².